The first-order valence-corrected chi connectivity index (χ1v) is 9.03. The molecular weight excluding hydrogens is 328 g/mol. The van der Waals surface area contributed by atoms with Crippen molar-refractivity contribution in [3.8, 4) is 0 Å². The van der Waals surface area contributed by atoms with Crippen LogP contribution >= 0.6 is 0 Å². The molecule has 0 unspecified atom stereocenters. The smallest absolute Gasteiger partial charge is 0.255 e. The van der Waals surface area contributed by atoms with Crippen LogP contribution in [0.5, 0.6) is 0 Å². The fourth-order valence-corrected chi connectivity index (χ4v) is 3.11. The molecule has 6 heteroatoms. The SMILES string of the molecule is O=C(CCC1CCNCC1)Nc1cccc(NC(=O)c2ccncc2)c1. The molecule has 0 radical (unpaired) electrons. The molecule has 2 heterocycles. The van der Waals surface area contributed by atoms with Crippen molar-refractivity contribution >= 4 is 23.2 Å². The zero-order chi connectivity index (χ0) is 18.2. The van der Waals surface area contributed by atoms with Gasteiger partial charge in [-0.05, 0) is 68.6 Å². The molecule has 2 aromatic rings. The molecule has 0 spiro atoms. The second kappa shape index (κ2) is 9.10. The van der Waals surface area contributed by atoms with Crippen molar-refractivity contribution in [2.24, 2.45) is 5.92 Å². The van der Waals surface area contributed by atoms with E-state index in [1.54, 1.807) is 36.7 Å². The molecule has 1 aliphatic heterocycles. The van der Waals surface area contributed by atoms with Crippen molar-refractivity contribution in [3.05, 3.63) is 54.4 Å². The summed E-state index contributed by atoms with van der Waals surface area (Å²) in [6, 6.07) is 10.5. The van der Waals surface area contributed by atoms with E-state index in [9.17, 15) is 9.59 Å². The topological polar surface area (TPSA) is 83.1 Å². The number of amides is 2. The number of nitrogens with one attached hydrogen (secondary N) is 3. The van der Waals surface area contributed by atoms with Gasteiger partial charge in [-0.3, -0.25) is 14.6 Å². The molecule has 1 aromatic carbocycles. The van der Waals surface area contributed by atoms with Crippen LogP contribution in [0.1, 0.15) is 36.0 Å². The van der Waals surface area contributed by atoms with Crippen LogP contribution in [0.2, 0.25) is 0 Å². The van der Waals surface area contributed by atoms with Gasteiger partial charge in [0.25, 0.3) is 5.91 Å². The maximum atomic E-state index is 12.2. The number of hydrogen-bond donors (Lipinski definition) is 3. The molecule has 0 atom stereocenters. The quantitative estimate of drug-likeness (QED) is 0.746. The van der Waals surface area contributed by atoms with Crippen LogP contribution in [0.25, 0.3) is 0 Å². The number of aromatic nitrogens is 1. The number of benzene rings is 1. The number of nitrogens with zero attached hydrogens (tertiary/aromatic N) is 1. The number of hydrogen-bond acceptors (Lipinski definition) is 4. The van der Waals surface area contributed by atoms with Gasteiger partial charge in [0.15, 0.2) is 0 Å². The van der Waals surface area contributed by atoms with Crippen LogP contribution in [-0.2, 0) is 4.79 Å². The average molecular weight is 352 g/mol. The van der Waals surface area contributed by atoms with Crippen LogP contribution in [-0.4, -0.2) is 29.9 Å². The van der Waals surface area contributed by atoms with Gasteiger partial charge in [-0.2, -0.15) is 0 Å². The van der Waals surface area contributed by atoms with E-state index >= 15 is 0 Å². The summed E-state index contributed by atoms with van der Waals surface area (Å²) in [6.45, 7) is 2.09. The zero-order valence-corrected chi connectivity index (χ0v) is 14.7. The van der Waals surface area contributed by atoms with Gasteiger partial charge in [0, 0.05) is 35.8 Å². The summed E-state index contributed by atoms with van der Waals surface area (Å²) >= 11 is 0. The highest BCUT2D eigenvalue weighted by atomic mass is 16.2. The average Bonchev–Trinajstić information content (AvgIpc) is 2.68. The molecule has 0 bridgehead atoms. The van der Waals surface area contributed by atoms with Crippen LogP contribution in [0.3, 0.4) is 0 Å². The highest BCUT2D eigenvalue weighted by Gasteiger charge is 2.14. The van der Waals surface area contributed by atoms with Crippen LogP contribution < -0.4 is 16.0 Å². The van der Waals surface area contributed by atoms with E-state index < -0.39 is 0 Å². The molecule has 1 fully saturated rings. The van der Waals surface area contributed by atoms with Crippen molar-refractivity contribution in [2.75, 3.05) is 23.7 Å². The van der Waals surface area contributed by atoms with Crippen molar-refractivity contribution in [1.82, 2.24) is 10.3 Å². The summed E-state index contributed by atoms with van der Waals surface area (Å²) in [6.07, 6.45) is 6.89. The lowest BCUT2D eigenvalue weighted by molar-refractivity contribution is -0.116. The summed E-state index contributed by atoms with van der Waals surface area (Å²) in [5.41, 5.74) is 1.87. The minimum absolute atomic E-state index is 0.0149. The number of anilines is 2. The van der Waals surface area contributed by atoms with E-state index in [0.717, 1.165) is 32.4 Å². The molecular formula is C20H24N4O2. The molecule has 2 amide bonds. The maximum Gasteiger partial charge on any atom is 0.255 e. The molecule has 0 aliphatic carbocycles. The van der Waals surface area contributed by atoms with Gasteiger partial charge in [0.05, 0.1) is 0 Å². The lowest BCUT2D eigenvalue weighted by Gasteiger charge is -2.22. The highest BCUT2D eigenvalue weighted by Crippen LogP contribution is 2.20. The summed E-state index contributed by atoms with van der Waals surface area (Å²) in [7, 11) is 0. The molecule has 1 aliphatic rings. The molecule has 3 N–H and O–H groups in total. The fourth-order valence-electron chi connectivity index (χ4n) is 3.11. The van der Waals surface area contributed by atoms with E-state index in [2.05, 4.69) is 20.9 Å². The minimum Gasteiger partial charge on any atom is -0.326 e. The molecule has 26 heavy (non-hydrogen) atoms. The Morgan fingerprint density at radius 3 is 2.46 bits per heavy atom. The number of piperidine rings is 1. The summed E-state index contributed by atoms with van der Waals surface area (Å²) in [5.74, 6) is 0.441. The number of rotatable bonds is 6. The molecule has 6 nitrogen and oxygen atoms in total. The van der Waals surface area contributed by atoms with Crippen LogP contribution in [0, 0.1) is 5.92 Å². The Morgan fingerprint density at radius 1 is 1.04 bits per heavy atom. The van der Waals surface area contributed by atoms with Gasteiger partial charge < -0.3 is 16.0 Å². The van der Waals surface area contributed by atoms with Gasteiger partial charge in [0.2, 0.25) is 5.91 Å². The van der Waals surface area contributed by atoms with E-state index in [1.165, 1.54) is 0 Å². The largest absolute Gasteiger partial charge is 0.326 e. The number of carbonyl (C=O) groups excluding carboxylic acids is 2. The third kappa shape index (κ3) is 5.39. The Hall–Kier alpha value is -2.73. The predicted molar refractivity (Wildman–Crippen MR) is 102 cm³/mol. The lowest BCUT2D eigenvalue weighted by Crippen LogP contribution is -2.28. The first-order chi connectivity index (χ1) is 12.7. The third-order valence-corrected chi connectivity index (χ3v) is 4.59. The number of pyridine rings is 1. The van der Waals surface area contributed by atoms with Crippen molar-refractivity contribution < 1.29 is 9.59 Å². The Balaban J connectivity index is 1.51. The summed E-state index contributed by atoms with van der Waals surface area (Å²) < 4.78 is 0. The Labute approximate surface area is 153 Å². The normalized spacial score (nSPS) is 14.6. The summed E-state index contributed by atoms with van der Waals surface area (Å²) in [5, 5.41) is 9.09. The lowest BCUT2D eigenvalue weighted by atomic mass is 9.93. The highest BCUT2D eigenvalue weighted by molar-refractivity contribution is 6.04. The van der Waals surface area contributed by atoms with Crippen LogP contribution in [0.4, 0.5) is 11.4 Å². The number of carbonyl (C=O) groups is 2. The second-order valence-corrected chi connectivity index (χ2v) is 6.55. The first kappa shape index (κ1) is 18.1. The molecule has 0 saturated carbocycles. The van der Waals surface area contributed by atoms with Gasteiger partial charge in [-0.25, -0.2) is 0 Å². The first-order valence-electron chi connectivity index (χ1n) is 9.03. The molecule has 3 rings (SSSR count). The Bertz CT molecular complexity index is 742. The standard InChI is InChI=1S/C20H24N4O2/c25-19(5-4-15-6-10-21-11-7-15)23-17-2-1-3-18(14-17)24-20(26)16-8-12-22-13-9-16/h1-3,8-9,12-15,21H,4-7,10-11H2,(H,23,25)(H,24,26). The second-order valence-electron chi connectivity index (χ2n) is 6.55. The molecule has 1 aromatic heterocycles. The molecule has 1 saturated heterocycles. The van der Waals surface area contributed by atoms with Crippen LogP contribution in [0.15, 0.2) is 48.8 Å². The van der Waals surface area contributed by atoms with Gasteiger partial charge in [-0.1, -0.05) is 6.07 Å². The molecule has 136 valence electrons. The maximum absolute atomic E-state index is 12.2. The third-order valence-electron chi connectivity index (χ3n) is 4.59. The van der Waals surface area contributed by atoms with Gasteiger partial charge in [-0.15, -0.1) is 0 Å². The monoisotopic (exact) mass is 352 g/mol. The van der Waals surface area contributed by atoms with Crippen molar-refractivity contribution in [1.29, 1.82) is 0 Å². The van der Waals surface area contributed by atoms with Gasteiger partial charge >= 0.3 is 0 Å². The predicted octanol–water partition coefficient (Wildman–Crippen LogP) is 3.05. The Kier molecular flexibility index (Phi) is 6.33. The summed E-state index contributed by atoms with van der Waals surface area (Å²) in [4.78, 5) is 28.3. The van der Waals surface area contributed by atoms with E-state index in [4.69, 9.17) is 0 Å². The van der Waals surface area contributed by atoms with E-state index in [0.29, 0.717) is 29.3 Å². The zero-order valence-electron chi connectivity index (χ0n) is 14.7. The fraction of sp³-hybridized carbons (Fsp3) is 0.350. The van der Waals surface area contributed by atoms with E-state index in [-0.39, 0.29) is 11.8 Å². The minimum atomic E-state index is -0.207. The van der Waals surface area contributed by atoms with E-state index in [1.807, 2.05) is 12.1 Å². The van der Waals surface area contributed by atoms with Crippen molar-refractivity contribution in [2.45, 2.75) is 25.7 Å². The van der Waals surface area contributed by atoms with Crippen molar-refractivity contribution in [3.63, 3.8) is 0 Å². The Morgan fingerprint density at radius 2 is 1.73 bits per heavy atom. The van der Waals surface area contributed by atoms with Gasteiger partial charge in [0.1, 0.15) is 0 Å².